The highest BCUT2D eigenvalue weighted by Gasteiger charge is 2.42. The van der Waals surface area contributed by atoms with Crippen molar-refractivity contribution in [1.82, 2.24) is 5.32 Å². The summed E-state index contributed by atoms with van der Waals surface area (Å²) < 4.78 is 0. The number of hydrogen-bond donors (Lipinski definition) is 2. The topological polar surface area (TPSA) is 86.7 Å². The minimum absolute atomic E-state index is 0.0728. The number of aliphatic hydroxyl groups excluding tert-OH is 1. The standard InChI is InChI=1S/C15H18N2O4S/c1-9-3-4-10(2)11(7-9)17-14(20)12(22-15(17)21)8-13(19)16-5-6-18/h3-4,7,12,18H,5-6,8H2,1-2H3,(H,16,19). The molecule has 1 aliphatic rings. The van der Waals surface area contributed by atoms with E-state index in [-0.39, 0.29) is 36.6 Å². The van der Waals surface area contributed by atoms with Crippen LogP contribution in [0.4, 0.5) is 10.5 Å². The van der Waals surface area contributed by atoms with Crippen LogP contribution >= 0.6 is 11.8 Å². The Kier molecular flexibility index (Phi) is 5.20. The summed E-state index contributed by atoms with van der Waals surface area (Å²) in [6.07, 6.45) is -0.0728. The van der Waals surface area contributed by atoms with E-state index in [9.17, 15) is 14.4 Å². The number of anilines is 1. The SMILES string of the molecule is Cc1ccc(C)c(N2C(=O)SC(CC(=O)NCCO)C2=O)c1. The van der Waals surface area contributed by atoms with Crippen molar-refractivity contribution < 1.29 is 19.5 Å². The number of nitrogens with one attached hydrogen (secondary N) is 1. The second kappa shape index (κ2) is 6.93. The van der Waals surface area contributed by atoms with E-state index >= 15 is 0 Å². The summed E-state index contributed by atoms with van der Waals surface area (Å²) in [6.45, 7) is 3.70. The number of carbonyl (C=O) groups is 3. The molecule has 6 nitrogen and oxygen atoms in total. The summed E-state index contributed by atoms with van der Waals surface area (Å²) in [4.78, 5) is 37.4. The van der Waals surface area contributed by atoms with E-state index in [1.54, 1.807) is 6.07 Å². The predicted octanol–water partition coefficient (Wildman–Crippen LogP) is 1.37. The third-order valence-corrected chi connectivity index (χ3v) is 4.37. The van der Waals surface area contributed by atoms with Crippen molar-refractivity contribution in [2.24, 2.45) is 0 Å². The first-order valence-corrected chi connectivity index (χ1v) is 7.81. The molecule has 1 aliphatic heterocycles. The Hall–Kier alpha value is -1.86. The largest absolute Gasteiger partial charge is 0.395 e. The Balaban J connectivity index is 2.15. The van der Waals surface area contributed by atoms with Gasteiger partial charge in [0, 0.05) is 13.0 Å². The highest BCUT2D eigenvalue weighted by Crippen LogP contribution is 2.35. The van der Waals surface area contributed by atoms with Gasteiger partial charge in [-0.3, -0.25) is 14.4 Å². The molecule has 3 amide bonds. The first kappa shape index (κ1) is 16.5. The summed E-state index contributed by atoms with van der Waals surface area (Å²) >= 11 is 0.867. The number of imide groups is 1. The average Bonchev–Trinajstić information content (AvgIpc) is 2.74. The maximum absolute atomic E-state index is 12.4. The zero-order chi connectivity index (χ0) is 16.3. The lowest BCUT2D eigenvalue weighted by Crippen LogP contribution is -2.35. The summed E-state index contributed by atoms with van der Waals surface area (Å²) in [5.41, 5.74) is 2.36. The molecule has 1 saturated heterocycles. The molecule has 1 heterocycles. The Morgan fingerprint density at radius 2 is 2.09 bits per heavy atom. The van der Waals surface area contributed by atoms with Crippen LogP contribution < -0.4 is 10.2 Å². The Morgan fingerprint density at radius 3 is 2.77 bits per heavy atom. The molecular weight excluding hydrogens is 304 g/mol. The second-order valence-electron chi connectivity index (χ2n) is 5.11. The molecule has 1 atom stereocenters. The van der Waals surface area contributed by atoms with Gasteiger partial charge in [-0.1, -0.05) is 12.1 Å². The number of carbonyl (C=O) groups excluding carboxylic acids is 3. The summed E-state index contributed by atoms with van der Waals surface area (Å²) in [7, 11) is 0. The van der Waals surface area contributed by atoms with Gasteiger partial charge >= 0.3 is 0 Å². The molecule has 0 bridgehead atoms. The average molecular weight is 322 g/mol. The fourth-order valence-electron chi connectivity index (χ4n) is 2.20. The number of benzene rings is 1. The van der Waals surface area contributed by atoms with Gasteiger partial charge in [0.1, 0.15) is 5.25 Å². The molecule has 0 saturated carbocycles. The van der Waals surface area contributed by atoms with E-state index in [1.807, 2.05) is 26.0 Å². The van der Waals surface area contributed by atoms with E-state index in [2.05, 4.69) is 5.32 Å². The van der Waals surface area contributed by atoms with Crippen LogP contribution in [0.3, 0.4) is 0 Å². The van der Waals surface area contributed by atoms with Crippen molar-refractivity contribution in [3.05, 3.63) is 29.3 Å². The van der Waals surface area contributed by atoms with Gasteiger partial charge in [0.05, 0.1) is 12.3 Å². The number of rotatable bonds is 5. The van der Waals surface area contributed by atoms with Gasteiger partial charge in [-0.05, 0) is 42.8 Å². The molecule has 118 valence electrons. The number of nitrogens with zero attached hydrogens (tertiary/aromatic N) is 1. The van der Waals surface area contributed by atoms with Crippen molar-refractivity contribution >= 4 is 34.5 Å². The predicted molar refractivity (Wildman–Crippen MR) is 84.9 cm³/mol. The molecule has 1 fully saturated rings. The van der Waals surface area contributed by atoms with Crippen molar-refractivity contribution in [2.75, 3.05) is 18.1 Å². The van der Waals surface area contributed by atoms with E-state index in [0.29, 0.717) is 5.69 Å². The highest BCUT2D eigenvalue weighted by molar-refractivity contribution is 8.15. The van der Waals surface area contributed by atoms with Gasteiger partial charge in [0.25, 0.3) is 5.24 Å². The summed E-state index contributed by atoms with van der Waals surface area (Å²) in [5, 5.41) is 10.1. The molecular formula is C15H18N2O4S. The van der Waals surface area contributed by atoms with Crippen molar-refractivity contribution in [3.63, 3.8) is 0 Å². The first-order valence-electron chi connectivity index (χ1n) is 6.93. The summed E-state index contributed by atoms with van der Waals surface area (Å²) in [6, 6.07) is 5.56. The molecule has 0 aliphatic carbocycles. The van der Waals surface area contributed by atoms with E-state index < -0.39 is 5.25 Å². The zero-order valence-electron chi connectivity index (χ0n) is 12.5. The Morgan fingerprint density at radius 1 is 1.36 bits per heavy atom. The number of thioether (sulfide) groups is 1. The van der Waals surface area contributed by atoms with Crippen LogP contribution in [0.1, 0.15) is 17.5 Å². The lowest BCUT2D eigenvalue weighted by atomic mass is 10.1. The quantitative estimate of drug-likeness (QED) is 0.855. The van der Waals surface area contributed by atoms with Crippen LogP contribution in [-0.2, 0) is 9.59 Å². The van der Waals surface area contributed by atoms with Gasteiger partial charge in [-0.15, -0.1) is 0 Å². The van der Waals surface area contributed by atoms with Gasteiger partial charge in [-0.2, -0.15) is 0 Å². The van der Waals surface area contributed by atoms with Crippen LogP contribution in [0.25, 0.3) is 0 Å². The number of aliphatic hydroxyl groups is 1. The van der Waals surface area contributed by atoms with Crippen molar-refractivity contribution in [2.45, 2.75) is 25.5 Å². The van der Waals surface area contributed by atoms with Crippen LogP contribution in [-0.4, -0.2) is 40.6 Å². The summed E-state index contributed by atoms with van der Waals surface area (Å²) in [5.74, 6) is -0.724. The van der Waals surface area contributed by atoms with Gasteiger partial charge < -0.3 is 10.4 Å². The maximum Gasteiger partial charge on any atom is 0.293 e. The molecule has 0 aromatic heterocycles. The van der Waals surface area contributed by atoms with Gasteiger partial charge in [0.15, 0.2) is 0 Å². The minimum Gasteiger partial charge on any atom is -0.395 e. The maximum atomic E-state index is 12.4. The lowest BCUT2D eigenvalue weighted by molar-refractivity contribution is -0.124. The molecule has 2 N–H and O–H groups in total. The fourth-order valence-corrected chi connectivity index (χ4v) is 3.18. The lowest BCUT2D eigenvalue weighted by Gasteiger charge is -2.17. The molecule has 1 aromatic rings. The third kappa shape index (κ3) is 3.48. The molecule has 2 rings (SSSR count). The first-order chi connectivity index (χ1) is 10.4. The number of amides is 3. The fraction of sp³-hybridized carbons (Fsp3) is 0.400. The molecule has 7 heteroatoms. The van der Waals surface area contributed by atoms with Crippen molar-refractivity contribution in [3.8, 4) is 0 Å². The van der Waals surface area contributed by atoms with Crippen LogP contribution in [0.15, 0.2) is 18.2 Å². The number of hydrogen-bond acceptors (Lipinski definition) is 5. The zero-order valence-corrected chi connectivity index (χ0v) is 13.3. The second-order valence-corrected chi connectivity index (χ2v) is 6.27. The monoisotopic (exact) mass is 322 g/mol. The molecule has 1 unspecified atom stereocenters. The molecule has 0 radical (unpaired) electrons. The van der Waals surface area contributed by atoms with Crippen LogP contribution in [0.2, 0.25) is 0 Å². The van der Waals surface area contributed by atoms with E-state index in [4.69, 9.17) is 5.11 Å². The van der Waals surface area contributed by atoms with Crippen molar-refractivity contribution in [1.29, 1.82) is 0 Å². The molecule has 1 aromatic carbocycles. The van der Waals surface area contributed by atoms with E-state index in [1.165, 1.54) is 0 Å². The normalized spacial score (nSPS) is 18.0. The molecule has 22 heavy (non-hydrogen) atoms. The van der Waals surface area contributed by atoms with Crippen LogP contribution in [0, 0.1) is 13.8 Å². The third-order valence-electron chi connectivity index (χ3n) is 3.33. The minimum atomic E-state index is -0.717. The number of aryl methyl sites for hydroxylation is 2. The Bertz CT molecular complexity index is 618. The molecule has 0 spiro atoms. The smallest absolute Gasteiger partial charge is 0.293 e. The van der Waals surface area contributed by atoms with Gasteiger partial charge in [-0.25, -0.2) is 4.90 Å². The highest BCUT2D eigenvalue weighted by atomic mass is 32.2. The van der Waals surface area contributed by atoms with Crippen LogP contribution in [0.5, 0.6) is 0 Å². The van der Waals surface area contributed by atoms with Gasteiger partial charge in [0.2, 0.25) is 11.8 Å². The Labute approximate surface area is 132 Å². The van der Waals surface area contributed by atoms with E-state index in [0.717, 1.165) is 27.8 Å².